The summed E-state index contributed by atoms with van der Waals surface area (Å²) < 4.78 is 5.08. The maximum Gasteiger partial charge on any atom is 0.242 e. The highest BCUT2D eigenvalue weighted by Crippen LogP contribution is 2.35. The second-order valence-electron chi connectivity index (χ2n) is 3.27. The zero-order valence-corrected chi connectivity index (χ0v) is 7.19. The van der Waals surface area contributed by atoms with Gasteiger partial charge in [0, 0.05) is 12.0 Å². The molecule has 68 valence electrons. The van der Waals surface area contributed by atoms with Crippen LogP contribution in [-0.2, 0) is 4.79 Å². The van der Waals surface area contributed by atoms with Crippen molar-refractivity contribution in [3.05, 3.63) is 11.8 Å². The van der Waals surface area contributed by atoms with Crippen molar-refractivity contribution in [2.75, 3.05) is 0 Å². The van der Waals surface area contributed by atoms with E-state index in [1.807, 2.05) is 0 Å². The molecular weight excluding hydrogens is 168 g/mol. The summed E-state index contributed by atoms with van der Waals surface area (Å²) >= 11 is 0. The first-order valence-electron chi connectivity index (χ1n) is 4.44. The predicted molar refractivity (Wildman–Crippen MR) is 45.5 cm³/mol. The summed E-state index contributed by atoms with van der Waals surface area (Å²) in [5.41, 5.74) is 0. The lowest BCUT2D eigenvalue weighted by Crippen LogP contribution is -1.87. The third kappa shape index (κ3) is 1.68. The molecule has 0 aliphatic heterocycles. The van der Waals surface area contributed by atoms with Gasteiger partial charge in [0.1, 0.15) is 5.76 Å². The molecule has 1 aliphatic carbocycles. The zero-order valence-electron chi connectivity index (χ0n) is 7.19. The van der Waals surface area contributed by atoms with Gasteiger partial charge in [-0.05, 0) is 12.8 Å². The molecule has 1 saturated carbocycles. The standard InChI is InChI=1S/C9H10N2O2/c12-6-10-9-5-8(13-11-9)7-3-1-2-4-7/h5,7H,1-4H2. The Labute approximate surface area is 75.6 Å². The molecule has 1 aromatic rings. The highest BCUT2D eigenvalue weighted by atomic mass is 16.5. The molecule has 4 nitrogen and oxygen atoms in total. The van der Waals surface area contributed by atoms with Gasteiger partial charge in [-0.3, -0.25) is 0 Å². The van der Waals surface area contributed by atoms with Crippen LogP contribution in [0.4, 0.5) is 5.82 Å². The molecule has 0 atom stereocenters. The first-order chi connectivity index (χ1) is 6.40. The van der Waals surface area contributed by atoms with E-state index in [1.165, 1.54) is 18.9 Å². The fraction of sp³-hybridized carbons (Fsp3) is 0.556. The van der Waals surface area contributed by atoms with E-state index in [1.54, 1.807) is 6.07 Å². The Hall–Kier alpha value is -1.41. The largest absolute Gasteiger partial charge is 0.359 e. The van der Waals surface area contributed by atoms with Gasteiger partial charge in [-0.15, -0.1) is 4.99 Å². The fourth-order valence-corrected chi connectivity index (χ4v) is 1.78. The van der Waals surface area contributed by atoms with Gasteiger partial charge in [-0.1, -0.05) is 18.0 Å². The Morgan fingerprint density at radius 2 is 2.31 bits per heavy atom. The molecule has 1 fully saturated rings. The maximum atomic E-state index is 9.93. The van der Waals surface area contributed by atoms with Crippen molar-refractivity contribution in [3.8, 4) is 0 Å². The third-order valence-electron chi connectivity index (χ3n) is 2.43. The van der Waals surface area contributed by atoms with Crippen molar-refractivity contribution in [2.45, 2.75) is 31.6 Å². The Morgan fingerprint density at radius 3 is 3.00 bits per heavy atom. The average Bonchev–Trinajstić information content (AvgIpc) is 2.70. The van der Waals surface area contributed by atoms with Crippen LogP contribution in [0.2, 0.25) is 0 Å². The minimum absolute atomic E-state index is 0.330. The van der Waals surface area contributed by atoms with E-state index in [4.69, 9.17) is 4.52 Å². The average molecular weight is 178 g/mol. The molecule has 0 spiro atoms. The van der Waals surface area contributed by atoms with E-state index in [9.17, 15) is 4.79 Å². The number of carbonyl (C=O) groups excluding carboxylic acids is 1. The van der Waals surface area contributed by atoms with Crippen LogP contribution < -0.4 is 0 Å². The molecule has 0 bridgehead atoms. The second kappa shape index (κ2) is 3.54. The second-order valence-corrected chi connectivity index (χ2v) is 3.27. The van der Waals surface area contributed by atoms with Gasteiger partial charge in [0.2, 0.25) is 11.9 Å². The summed E-state index contributed by atoms with van der Waals surface area (Å²) in [5.74, 6) is 1.66. The van der Waals surface area contributed by atoms with Crippen LogP contribution in [0.3, 0.4) is 0 Å². The zero-order chi connectivity index (χ0) is 9.10. The van der Waals surface area contributed by atoms with Crippen LogP contribution >= 0.6 is 0 Å². The molecule has 0 unspecified atom stereocenters. The molecule has 0 aromatic carbocycles. The lowest BCUT2D eigenvalue weighted by atomic mass is 10.1. The lowest BCUT2D eigenvalue weighted by Gasteiger charge is -2.00. The van der Waals surface area contributed by atoms with Gasteiger partial charge in [0.15, 0.2) is 0 Å². The van der Waals surface area contributed by atoms with Crippen LogP contribution in [0.1, 0.15) is 37.4 Å². The molecule has 1 aromatic heterocycles. The number of hydrogen-bond acceptors (Lipinski definition) is 4. The Balaban J connectivity index is 2.16. The molecule has 1 heterocycles. The fourth-order valence-electron chi connectivity index (χ4n) is 1.78. The summed E-state index contributed by atoms with van der Waals surface area (Å²) in [5, 5.41) is 3.65. The summed E-state index contributed by atoms with van der Waals surface area (Å²) in [6, 6.07) is 1.72. The van der Waals surface area contributed by atoms with Crippen molar-refractivity contribution >= 4 is 11.9 Å². The van der Waals surface area contributed by atoms with Crippen molar-refractivity contribution in [2.24, 2.45) is 4.99 Å². The minimum Gasteiger partial charge on any atom is -0.359 e. The van der Waals surface area contributed by atoms with Crippen LogP contribution in [0.5, 0.6) is 0 Å². The van der Waals surface area contributed by atoms with Crippen molar-refractivity contribution in [1.29, 1.82) is 0 Å². The molecule has 2 rings (SSSR count). The van der Waals surface area contributed by atoms with Crippen LogP contribution in [-0.4, -0.2) is 11.2 Å². The topological polar surface area (TPSA) is 55.5 Å². The molecule has 4 heteroatoms. The van der Waals surface area contributed by atoms with E-state index in [2.05, 4.69) is 10.1 Å². The van der Waals surface area contributed by atoms with Gasteiger partial charge in [-0.25, -0.2) is 4.79 Å². The van der Waals surface area contributed by atoms with Gasteiger partial charge in [0.05, 0.1) is 0 Å². The number of aromatic nitrogens is 1. The minimum atomic E-state index is 0.330. The number of hydrogen-bond donors (Lipinski definition) is 0. The lowest BCUT2D eigenvalue weighted by molar-refractivity contribution is 0.362. The van der Waals surface area contributed by atoms with Gasteiger partial charge < -0.3 is 4.52 Å². The molecule has 0 amide bonds. The van der Waals surface area contributed by atoms with E-state index in [0.29, 0.717) is 11.7 Å². The SMILES string of the molecule is O=C=Nc1cc(C2CCCC2)on1. The highest BCUT2D eigenvalue weighted by Gasteiger charge is 2.21. The predicted octanol–water partition coefficient (Wildman–Crippen LogP) is 2.30. The number of isocyanates is 1. The van der Waals surface area contributed by atoms with Crippen LogP contribution in [0, 0.1) is 0 Å². The van der Waals surface area contributed by atoms with Gasteiger partial charge in [0.25, 0.3) is 0 Å². The maximum absolute atomic E-state index is 9.93. The molecule has 1 aliphatic rings. The highest BCUT2D eigenvalue weighted by molar-refractivity contribution is 5.44. The van der Waals surface area contributed by atoms with Gasteiger partial charge in [-0.2, -0.15) is 0 Å². The summed E-state index contributed by atoms with van der Waals surface area (Å²) in [7, 11) is 0. The molecular formula is C9H10N2O2. The first kappa shape index (κ1) is 8.20. The normalized spacial score (nSPS) is 17.2. The van der Waals surface area contributed by atoms with E-state index < -0.39 is 0 Å². The molecule has 0 radical (unpaired) electrons. The first-order valence-corrected chi connectivity index (χ1v) is 4.44. The summed E-state index contributed by atoms with van der Waals surface area (Å²) in [4.78, 5) is 13.3. The van der Waals surface area contributed by atoms with Crippen molar-refractivity contribution in [3.63, 3.8) is 0 Å². The third-order valence-corrected chi connectivity index (χ3v) is 2.43. The summed E-state index contributed by atoms with van der Waals surface area (Å²) in [6.07, 6.45) is 6.24. The van der Waals surface area contributed by atoms with E-state index >= 15 is 0 Å². The number of aliphatic imine (C=N–C) groups is 1. The molecule has 0 N–H and O–H groups in total. The Bertz CT molecular complexity index is 333. The Morgan fingerprint density at radius 1 is 1.54 bits per heavy atom. The quantitative estimate of drug-likeness (QED) is 0.515. The van der Waals surface area contributed by atoms with Gasteiger partial charge >= 0.3 is 0 Å². The van der Waals surface area contributed by atoms with E-state index in [-0.39, 0.29) is 0 Å². The molecule has 0 saturated heterocycles. The Kier molecular flexibility index (Phi) is 2.23. The monoisotopic (exact) mass is 178 g/mol. The van der Waals surface area contributed by atoms with Crippen LogP contribution in [0.25, 0.3) is 0 Å². The summed E-state index contributed by atoms with van der Waals surface area (Å²) in [6.45, 7) is 0. The smallest absolute Gasteiger partial charge is 0.242 e. The van der Waals surface area contributed by atoms with Crippen molar-refractivity contribution < 1.29 is 9.32 Å². The number of rotatable bonds is 2. The van der Waals surface area contributed by atoms with E-state index in [0.717, 1.165) is 18.6 Å². The van der Waals surface area contributed by atoms with Crippen molar-refractivity contribution in [1.82, 2.24) is 5.16 Å². The van der Waals surface area contributed by atoms with Crippen LogP contribution in [0.15, 0.2) is 15.6 Å². The number of nitrogens with zero attached hydrogens (tertiary/aromatic N) is 2. The molecule has 13 heavy (non-hydrogen) atoms.